The maximum Gasteiger partial charge on any atom is 0.332 e. The first-order valence-corrected chi connectivity index (χ1v) is 10.1. The van der Waals surface area contributed by atoms with Crippen LogP contribution in [0.15, 0.2) is 58.8 Å². The molecule has 0 saturated heterocycles. The van der Waals surface area contributed by atoms with Gasteiger partial charge in [0.25, 0.3) is 5.56 Å². The minimum absolute atomic E-state index is 0.147. The highest BCUT2D eigenvalue weighted by Crippen LogP contribution is 2.31. The fraction of sp³-hybridized carbons (Fsp3) is 0.143. The van der Waals surface area contributed by atoms with Crippen LogP contribution in [0.2, 0.25) is 10.0 Å². The van der Waals surface area contributed by atoms with Gasteiger partial charge in [-0.2, -0.15) is 4.98 Å². The lowest BCUT2D eigenvalue weighted by atomic mass is 10.3. The van der Waals surface area contributed by atoms with Crippen molar-refractivity contribution >= 4 is 34.4 Å². The largest absolute Gasteiger partial charge is 0.438 e. The summed E-state index contributed by atoms with van der Waals surface area (Å²) in [7, 11) is 2.96. The highest BCUT2D eigenvalue weighted by Gasteiger charge is 2.20. The Morgan fingerprint density at radius 2 is 1.72 bits per heavy atom. The summed E-state index contributed by atoms with van der Waals surface area (Å²) < 4.78 is 15.5. The summed E-state index contributed by atoms with van der Waals surface area (Å²) in [5, 5.41) is 0.684. The lowest BCUT2D eigenvalue weighted by Gasteiger charge is -2.09. The molecule has 32 heavy (non-hydrogen) atoms. The molecule has 0 spiro atoms. The number of allylic oxidation sites excluding steroid dienone is 1. The number of benzene rings is 1. The standard InChI is InChI=1S/C21H17Cl2N5O4/c1-4-9-28-16-17(26(2)21(30)27(3)19(16)29)25-20(28)32-14-7-5-13(6-8-14)31-18-15(23)10-12(22)11-24-18/h4-8,10-11H,1,9H2,2-3H3. The summed E-state index contributed by atoms with van der Waals surface area (Å²) in [6, 6.07) is 8.33. The summed E-state index contributed by atoms with van der Waals surface area (Å²) in [6.07, 6.45) is 3.04. The lowest BCUT2D eigenvalue weighted by molar-refractivity contribution is 0.419. The van der Waals surface area contributed by atoms with Crippen molar-refractivity contribution in [2.75, 3.05) is 0 Å². The molecule has 0 atom stereocenters. The van der Waals surface area contributed by atoms with E-state index in [1.807, 2.05) is 0 Å². The van der Waals surface area contributed by atoms with Crippen molar-refractivity contribution in [3.63, 3.8) is 0 Å². The third kappa shape index (κ3) is 3.88. The molecular formula is C21H17Cl2N5O4. The van der Waals surface area contributed by atoms with Gasteiger partial charge in [0.2, 0.25) is 5.88 Å². The van der Waals surface area contributed by atoms with Gasteiger partial charge in [-0.3, -0.25) is 18.5 Å². The van der Waals surface area contributed by atoms with Gasteiger partial charge in [-0.05, 0) is 30.3 Å². The Morgan fingerprint density at radius 3 is 2.34 bits per heavy atom. The highest BCUT2D eigenvalue weighted by molar-refractivity contribution is 6.35. The third-order valence-corrected chi connectivity index (χ3v) is 5.12. The minimum Gasteiger partial charge on any atom is -0.438 e. The van der Waals surface area contributed by atoms with Gasteiger partial charge in [-0.1, -0.05) is 29.3 Å². The van der Waals surface area contributed by atoms with Crippen LogP contribution in [0.5, 0.6) is 23.4 Å². The maximum absolute atomic E-state index is 12.7. The number of hydrogen-bond donors (Lipinski definition) is 0. The second-order valence-electron chi connectivity index (χ2n) is 6.79. The number of ether oxygens (including phenoxy) is 2. The minimum atomic E-state index is -0.478. The first-order chi connectivity index (χ1) is 15.3. The zero-order chi connectivity index (χ0) is 23.0. The van der Waals surface area contributed by atoms with Gasteiger partial charge in [0.05, 0.1) is 5.02 Å². The number of aromatic nitrogens is 5. The molecule has 9 nitrogen and oxygen atoms in total. The Balaban J connectivity index is 1.67. The van der Waals surface area contributed by atoms with Gasteiger partial charge in [-0.25, -0.2) is 9.78 Å². The Morgan fingerprint density at radius 1 is 1.06 bits per heavy atom. The monoisotopic (exact) mass is 473 g/mol. The van der Waals surface area contributed by atoms with Crippen LogP contribution in [0.1, 0.15) is 0 Å². The number of halogens is 2. The first kappa shape index (κ1) is 21.7. The topological polar surface area (TPSA) is 93.2 Å². The van der Waals surface area contributed by atoms with Crippen molar-refractivity contribution in [3.8, 4) is 23.4 Å². The maximum atomic E-state index is 12.7. The van der Waals surface area contributed by atoms with Gasteiger partial charge in [0.1, 0.15) is 16.5 Å². The Bertz CT molecular complexity index is 1450. The number of hydrogen-bond acceptors (Lipinski definition) is 6. The molecule has 0 aliphatic heterocycles. The van der Waals surface area contributed by atoms with Crippen molar-refractivity contribution in [2.24, 2.45) is 14.1 Å². The van der Waals surface area contributed by atoms with E-state index in [-0.39, 0.29) is 34.6 Å². The highest BCUT2D eigenvalue weighted by atomic mass is 35.5. The van der Waals surface area contributed by atoms with E-state index in [9.17, 15) is 9.59 Å². The van der Waals surface area contributed by atoms with Crippen LogP contribution >= 0.6 is 23.2 Å². The first-order valence-electron chi connectivity index (χ1n) is 9.34. The van der Waals surface area contributed by atoms with Crippen molar-refractivity contribution in [3.05, 3.63) is 80.1 Å². The molecule has 11 heteroatoms. The van der Waals surface area contributed by atoms with Crippen LogP contribution in [0.25, 0.3) is 11.2 Å². The average molecular weight is 474 g/mol. The molecule has 0 aliphatic carbocycles. The number of aryl methyl sites for hydroxylation is 1. The number of pyridine rings is 1. The molecule has 0 N–H and O–H groups in total. The van der Waals surface area contributed by atoms with Crippen molar-refractivity contribution in [1.29, 1.82) is 0 Å². The lowest BCUT2D eigenvalue weighted by Crippen LogP contribution is -2.37. The van der Waals surface area contributed by atoms with Gasteiger partial charge in [0, 0.05) is 26.8 Å². The smallest absolute Gasteiger partial charge is 0.332 e. The predicted octanol–water partition coefficient (Wildman–Crippen LogP) is 3.91. The number of nitrogens with zero attached hydrogens (tertiary/aromatic N) is 5. The molecule has 0 fully saturated rings. The summed E-state index contributed by atoms with van der Waals surface area (Å²) in [6.45, 7) is 3.99. The molecular weight excluding hydrogens is 457 g/mol. The molecule has 164 valence electrons. The van der Waals surface area contributed by atoms with E-state index in [1.165, 1.54) is 23.9 Å². The molecule has 0 saturated carbocycles. The Kier molecular flexibility index (Phi) is 5.77. The molecule has 0 radical (unpaired) electrons. The molecule has 0 unspecified atom stereocenters. The second kappa shape index (κ2) is 8.52. The molecule has 4 aromatic rings. The van der Waals surface area contributed by atoms with Crippen LogP contribution in [-0.4, -0.2) is 23.7 Å². The van der Waals surface area contributed by atoms with Gasteiger partial charge in [-0.15, -0.1) is 6.58 Å². The second-order valence-corrected chi connectivity index (χ2v) is 7.63. The van der Waals surface area contributed by atoms with Crippen molar-refractivity contribution < 1.29 is 9.47 Å². The summed E-state index contributed by atoms with van der Waals surface area (Å²) >= 11 is 11.9. The fourth-order valence-corrected chi connectivity index (χ4v) is 3.49. The zero-order valence-corrected chi connectivity index (χ0v) is 18.6. The SMILES string of the molecule is C=CCn1c(Oc2ccc(Oc3ncc(Cl)cc3Cl)cc2)nc2c1c(=O)n(C)c(=O)n2C. The predicted molar refractivity (Wildman–Crippen MR) is 121 cm³/mol. The number of fused-ring (bicyclic) bond motifs is 1. The van der Waals surface area contributed by atoms with E-state index in [0.717, 1.165) is 4.57 Å². The van der Waals surface area contributed by atoms with E-state index in [1.54, 1.807) is 42.0 Å². The van der Waals surface area contributed by atoms with E-state index < -0.39 is 11.2 Å². The van der Waals surface area contributed by atoms with Gasteiger partial charge < -0.3 is 9.47 Å². The summed E-state index contributed by atoms with van der Waals surface area (Å²) in [5.41, 5.74) is -0.483. The molecule has 0 bridgehead atoms. The average Bonchev–Trinajstić information content (AvgIpc) is 3.12. The number of imidazole rings is 1. The zero-order valence-electron chi connectivity index (χ0n) is 17.1. The molecule has 3 heterocycles. The molecule has 3 aromatic heterocycles. The van der Waals surface area contributed by atoms with Crippen LogP contribution < -0.4 is 20.7 Å². The van der Waals surface area contributed by atoms with Crippen molar-refractivity contribution in [2.45, 2.75) is 6.54 Å². The number of rotatable bonds is 6. The van der Waals surface area contributed by atoms with Crippen molar-refractivity contribution in [1.82, 2.24) is 23.7 Å². The molecule has 4 rings (SSSR count). The summed E-state index contributed by atoms with van der Waals surface area (Å²) in [5.74, 6) is 1.13. The van der Waals surface area contributed by atoms with E-state index >= 15 is 0 Å². The molecule has 0 amide bonds. The Hall–Kier alpha value is -3.56. The van der Waals surface area contributed by atoms with Gasteiger partial charge in [0.15, 0.2) is 11.2 Å². The van der Waals surface area contributed by atoms with E-state index in [4.69, 9.17) is 32.7 Å². The Labute approximate surface area is 191 Å². The normalized spacial score (nSPS) is 11.0. The molecule has 1 aromatic carbocycles. The van der Waals surface area contributed by atoms with Crippen LogP contribution in [0.3, 0.4) is 0 Å². The van der Waals surface area contributed by atoms with Crippen LogP contribution in [0, 0.1) is 0 Å². The molecule has 0 aliphatic rings. The quantitative estimate of drug-likeness (QED) is 0.394. The van der Waals surface area contributed by atoms with Crippen LogP contribution in [0.4, 0.5) is 0 Å². The van der Waals surface area contributed by atoms with E-state index in [2.05, 4.69) is 16.5 Å². The van der Waals surface area contributed by atoms with Gasteiger partial charge >= 0.3 is 11.7 Å². The summed E-state index contributed by atoms with van der Waals surface area (Å²) in [4.78, 5) is 33.4. The third-order valence-electron chi connectivity index (χ3n) is 4.65. The van der Waals surface area contributed by atoms with E-state index in [0.29, 0.717) is 16.5 Å². The van der Waals surface area contributed by atoms with Crippen LogP contribution in [-0.2, 0) is 20.6 Å². The fourth-order valence-electron chi connectivity index (χ4n) is 3.07.